The molecule has 0 saturated heterocycles. The minimum atomic E-state index is -0.0169. The standard InChI is InChI=1S/C21H22N4O2/c1-12-15(10-22)3-2-4-17(12)24-18-9-19(25-21(27)14-7-8-14)23-11-16(18)20(26)13-5-6-13/h2-4,9-11,13-14,22H,5-8H2,1H3,(H2,23,24,25,27). The molecular formula is C21H22N4O2. The van der Waals surface area contributed by atoms with Crippen LogP contribution in [0.15, 0.2) is 30.5 Å². The minimum Gasteiger partial charge on any atom is -0.355 e. The van der Waals surface area contributed by atoms with Gasteiger partial charge in [0, 0.05) is 36.0 Å². The van der Waals surface area contributed by atoms with E-state index in [2.05, 4.69) is 15.6 Å². The molecule has 0 atom stereocenters. The van der Waals surface area contributed by atoms with E-state index in [1.165, 1.54) is 6.21 Å². The van der Waals surface area contributed by atoms with E-state index in [4.69, 9.17) is 5.41 Å². The van der Waals surface area contributed by atoms with Crippen LogP contribution in [0.25, 0.3) is 0 Å². The number of hydrogen-bond donors (Lipinski definition) is 3. The highest BCUT2D eigenvalue weighted by atomic mass is 16.2. The number of aromatic nitrogens is 1. The average molecular weight is 362 g/mol. The molecule has 3 N–H and O–H groups in total. The van der Waals surface area contributed by atoms with Crippen LogP contribution in [-0.2, 0) is 4.79 Å². The van der Waals surface area contributed by atoms with Crippen molar-refractivity contribution in [3.05, 3.63) is 47.2 Å². The molecule has 1 aromatic carbocycles. The number of anilines is 3. The number of hydrogen-bond acceptors (Lipinski definition) is 5. The second-order valence-electron chi connectivity index (χ2n) is 7.31. The molecule has 2 aliphatic rings. The SMILES string of the molecule is Cc1c(C=N)cccc1Nc1cc(NC(=O)C2CC2)ncc1C(=O)C1CC1. The first-order valence-corrected chi connectivity index (χ1v) is 9.29. The summed E-state index contributed by atoms with van der Waals surface area (Å²) in [6, 6.07) is 7.38. The van der Waals surface area contributed by atoms with Gasteiger partial charge in [0.15, 0.2) is 5.78 Å². The van der Waals surface area contributed by atoms with E-state index >= 15 is 0 Å². The molecular weight excluding hydrogens is 340 g/mol. The summed E-state index contributed by atoms with van der Waals surface area (Å²) in [4.78, 5) is 29.0. The number of benzene rings is 1. The number of nitrogens with zero attached hydrogens (tertiary/aromatic N) is 1. The molecule has 2 saturated carbocycles. The minimum absolute atomic E-state index is 0.0169. The Kier molecular flexibility index (Phi) is 4.48. The summed E-state index contributed by atoms with van der Waals surface area (Å²) >= 11 is 0. The van der Waals surface area contributed by atoms with Crippen molar-refractivity contribution in [2.75, 3.05) is 10.6 Å². The third-order valence-electron chi connectivity index (χ3n) is 5.12. The number of ketones is 1. The Hall–Kier alpha value is -3.02. The lowest BCUT2D eigenvalue weighted by Crippen LogP contribution is -2.15. The first-order valence-electron chi connectivity index (χ1n) is 9.29. The molecule has 2 fully saturated rings. The Morgan fingerprint density at radius 3 is 2.56 bits per heavy atom. The molecule has 2 aliphatic carbocycles. The van der Waals surface area contributed by atoms with Gasteiger partial charge in [-0.3, -0.25) is 9.59 Å². The zero-order valence-electron chi connectivity index (χ0n) is 15.2. The molecule has 0 aliphatic heterocycles. The van der Waals surface area contributed by atoms with Gasteiger partial charge in [0.2, 0.25) is 5.91 Å². The van der Waals surface area contributed by atoms with Gasteiger partial charge in [0.25, 0.3) is 0 Å². The lowest BCUT2D eigenvalue weighted by Gasteiger charge is -2.15. The predicted octanol–water partition coefficient (Wildman–Crippen LogP) is 4.07. The van der Waals surface area contributed by atoms with E-state index in [0.29, 0.717) is 17.1 Å². The predicted molar refractivity (Wildman–Crippen MR) is 105 cm³/mol. The van der Waals surface area contributed by atoms with Gasteiger partial charge in [-0.2, -0.15) is 0 Å². The third kappa shape index (κ3) is 3.74. The number of rotatable bonds is 7. The summed E-state index contributed by atoms with van der Waals surface area (Å²) in [6.45, 7) is 1.93. The molecule has 138 valence electrons. The van der Waals surface area contributed by atoms with Gasteiger partial charge >= 0.3 is 0 Å². The Balaban J connectivity index is 1.67. The van der Waals surface area contributed by atoms with Crippen LogP contribution in [0.4, 0.5) is 17.2 Å². The zero-order valence-corrected chi connectivity index (χ0v) is 15.2. The Bertz CT molecular complexity index is 930. The summed E-state index contributed by atoms with van der Waals surface area (Å²) in [5, 5.41) is 13.7. The maximum absolute atomic E-state index is 12.7. The molecule has 2 aromatic rings. The number of carbonyl (C=O) groups excluding carboxylic acids is 2. The van der Waals surface area contributed by atoms with Crippen molar-refractivity contribution in [2.45, 2.75) is 32.6 Å². The van der Waals surface area contributed by atoms with Crippen molar-refractivity contribution in [1.29, 1.82) is 5.41 Å². The van der Waals surface area contributed by atoms with E-state index in [-0.39, 0.29) is 23.5 Å². The van der Waals surface area contributed by atoms with Crippen LogP contribution < -0.4 is 10.6 Å². The molecule has 4 rings (SSSR count). The smallest absolute Gasteiger partial charge is 0.228 e. The highest BCUT2D eigenvalue weighted by molar-refractivity contribution is 6.05. The van der Waals surface area contributed by atoms with Crippen LogP contribution in [0.5, 0.6) is 0 Å². The Labute approximate surface area is 157 Å². The third-order valence-corrected chi connectivity index (χ3v) is 5.12. The van der Waals surface area contributed by atoms with E-state index < -0.39 is 0 Å². The fourth-order valence-electron chi connectivity index (χ4n) is 3.05. The molecule has 1 heterocycles. The van der Waals surface area contributed by atoms with E-state index in [1.807, 2.05) is 25.1 Å². The normalized spacial score (nSPS) is 15.9. The number of amides is 1. The van der Waals surface area contributed by atoms with Gasteiger partial charge in [-0.05, 0) is 49.8 Å². The molecule has 0 radical (unpaired) electrons. The lowest BCUT2D eigenvalue weighted by molar-refractivity contribution is -0.117. The van der Waals surface area contributed by atoms with E-state index in [0.717, 1.165) is 42.5 Å². The van der Waals surface area contributed by atoms with Crippen molar-refractivity contribution in [3.8, 4) is 0 Å². The van der Waals surface area contributed by atoms with Crippen molar-refractivity contribution in [1.82, 2.24) is 4.98 Å². The number of carbonyl (C=O) groups is 2. The molecule has 0 spiro atoms. The fourth-order valence-corrected chi connectivity index (χ4v) is 3.05. The van der Waals surface area contributed by atoms with Crippen LogP contribution >= 0.6 is 0 Å². The fraction of sp³-hybridized carbons (Fsp3) is 0.333. The highest BCUT2D eigenvalue weighted by Crippen LogP contribution is 2.36. The van der Waals surface area contributed by atoms with Gasteiger partial charge < -0.3 is 16.0 Å². The Morgan fingerprint density at radius 1 is 1.15 bits per heavy atom. The summed E-state index contributed by atoms with van der Waals surface area (Å²) in [5.74, 6) is 0.681. The summed E-state index contributed by atoms with van der Waals surface area (Å²) < 4.78 is 0. The van der Waals surface area contributed by atoms with Crippen molar-refractivity contribution >= 4 is 35.1 Å². The maximum Gasteiger partial charge on any atom is 0.228 e. The molecule has 1 amide bonds. The largest absolute Gasteiger partial charge is 0.355 e. The van der Waals surface area contributed by atoms with Gasteiger partial charge in [0.1, 0.15) is 5.82 Å². The van der Waals surface area contributed by atoms with Gasteiger partial charge in [0.05, 0.1) is 11.3 Å². The van der Waals surface area contributed by atoms with E-state index in [9.17, 15) is 9.59 Å². The maximum atomic E-state index is 12.7. The number of Topliss-reactive ketones (excluding diaryl/α,β-unsaturated/α-hetero) is 1. The van der Waals surface area contributed by atoms with E-state index in [1.54, 1.807) is 12.3 Å². The molecule has 6 heteroatoms. The first kappa shape index (κ1) is 17.4. The van der Waals surface area contributed by atoms with Crippen LogP contribution in [0.1, 0.15) is 47.2 Å². The van der Waals surface area contributed by atoms with Crippen molar-refractivity contribution < 1.29 is 9.59 Å². The second-order valence-corrected chi connectivity index (χ2v) is 7.31. The number of nitrogens with one attached hydrogen (secondary N) is 3. The molecule has 27 heavy (non-hydrogen) atoms. The molecule has 6 nitrogen and oxygen atoms in total. The first-order chi connectivity index (χ1) is 13.1. The van der Waals surface area contributed by atoms with Crippen LogP contribution in [0.2, 0.25) is 0 Å². The van der Waals surface area contributed by atoms with Gasteiger partial charge in [-0.1, -0.05) is 12.1 Å². The zero-order chi connectivity index (χ0) is 19.0. The monoisotopic (exact) mass is 362 g/mol. The van der Waals surface area contributed by atoms with Crippen LogP contribution in [0.3, 0.4) is 0 Å². The van der Waals surface area contributed by atoms with Gasteiger partial charge in [-0.25, -0.2) is 4.98 Å². The second kappa shape index (κ2) is 6.95. The molecule has 0 bridgehead atoms. The number of pyridine rings is 1. The average Bonchev–Trinajstić information content (AvgIpc) is 3.56. The highest BCUT2D eigenvalue weighted by Gasteiger charge is 2.33. The Morgan fingerprint density at radius 2 is 1.89 bits per heavy atom. The van der Waals surface area contributed by atoms with Crippen LogP contribution in [-0.4, -0.2) is 22.9 Å². The summed E-state index contributed by atoms with van der Waals surface area (Å²) in [5.41, 5.74) is 3.75. The van der Waals surface area contributed by atoms with Gasteiger partial charge in [-0.15, -0.1) is 0 Å². The summed E-state index contributed by atoms with van der Waals surface area (Å²) in [6.07, 6.45) is 6.54. The molecule has 0 unspecified atom stereocenters. The van der Waals surface area contributed by atoms with Crippen molar-refractivity contribution in [2.24, 2.45) is 11.8 Å². The summed E-state index contributed by atoms with van der Waals surface area (Å²) in [7, 11) is 0. The quantitative estimate of drug-likeness (QED) is 0.511. The molecule has 1 aromatic heterocycles. The topological polar surface area (TPSA) is 94.9 Å². The van der Waals surface area contributed by atoms with Crippen molar-refractivity contribution in [3.63, 3.8) is 0 Å². The lowest BCUT2D eigenvalue weighted by atomic mass is 10.0. The van der Waals surface area contributed by atoms with Crippen LogP contribution in [0, 0.1) is 24.2 Å².